The van der Waals surface area contributed by atoms with Gasteiger partial charge in [0, 0.05) is 12.6 Å². The fraction of sp³-hybridized carbons (Fsp3) is 0.103. The maximum Gasteiger partial charge on any atom is 0.344 e. The van der Waals surface area contributed by atoms with Crippen molar-refractivity contribution >= 4 is 38.3 Å². The van der Waals surface area contributed by atoms with Crippen molar-refractivity contribution in [2.75, 3.05) is 0 Å². The largest absolute Gasteiger partial charge is 0.404 e. The van der Waals surface area contributed by atoms with Crippen molar-refractivity contribution in [3.8, 4) is 11.8 Å². The minimum atomic E-state index is -5.15. The van der Waals surface area contributed by atoms with Crippen LogP contribution in [0.25, 0.3) is 0 Å². The van der Waals surface area contributed by atoms with E-state index in [-0.39, 0.29) is 28.8 Å². The molecule has 11 nitrogen and oxygen atoms in total. The van der Waals surface area contributed by atoms with Gasteiger partial charge in [-0.25, -0.2) is 9.59 Å². The SMILES string of the molecule is C[C@@H]1c2c(cc(OC(=O)c3cccc(S(=O)(=O)F)c3)nc2OC(=O)c2cccc(S(=O)(=O)F)c2)C(=O)N1Cc1ccccc1. The first-order valence-electron chi connectivity index (χ1n) is 12.7. The quantitative estimate of drug-likeness (QED) is 0.197. The van der Waals surface area contributed by atoms with Gasteiger partial charge in [-0.2, -0.15) is 21.8 Å². The Morgan fingerprint density at radius 1 is 0.795 bits per heavy atom. The van der Waals surface area contributed by atoms with Crippen molar-refractivity contribution in [2.24, 2.45) is 0 Å². The summed E-state index contributed by atoms with van der Waals surface area (Å²) in [5, 5.41) is 0. The summed E-state index contributed by atoms with van der Waals surface area (Å²) in [7, 11) is -10.3. The van der Waals surface area contributed by atoms with Gasteiger partial charge < -0.3 is 14.4 Å². The van der Waals surface area contributed by atoms with Crippen LogP contribution < -0.4 is 9.47 Å². The Bertz CT molecular complexity index is 2040. The van der Waals surface area contributed by atoms with E-state index < -0.39 is 65.9 Å². The van der Waals surface area contributed by atoms with E-state index in [1.54, 1.807) is 37.3 Å². The van der Waals surface area contributed by atoms with Crippen LogP contribution in [-0.2, 0) is 27.0 Å². The molecule has 1 amide bonds. The molecule has 0 N–H and O–H groups in total. The maximum absolute atomic E-state index is 13.6. The molecule has 0 fully saturated rings. The highest BCUT2D eigenvalue weighted by Crippen LogP contribution is 2.41. The number of carbonyl (C=O) groups excluding carboxylic acids is 3. The summed E-state index contributed by atoms with van der Waals surface area (Å²) in [6, 6.07) is 17.3. The van der Waals surface area contributed by atoms with Crippen LogP contribution in [-0.4, -0.2) is 44.6 Å². The Hall–Kier alpha value is -5.02. The molecule has 2 heterocycles. The Labute approximate surface area is 250 Å². The molecule has 0 spiro atoms. The van der Waals surface area contributed by atoms with E-state index in [9.17, 15) is 39.0 Å². The average Bonchev–Trinajstić information content (AvgIpc) is 3.21. The lowest BCUT2D eigenvalue weighted by Gasteiger charge is -2.22. The molecule has 4 aromatic rings. The highest BCUT2D eigenvalue weighted by molar-refractivity contribution is 7.86. The molecule has 226 valence electrons. The highest BCUT2D eigenvalue weighted by Gasteiger charge is 2.39. The van der Waals surface area contributed by atoms with Gasteiger partial charge in [0.2, 0.25) is 11.8 Å². The molecule has 5 rings (SSSR count). The molecule has 0 bridgehead atoms. The predicted octanol–water partition coefficient (Wildman–Crippen LogP) is 4.55. The zero-order valence-electron chi connectivity index (χ0n) is 22.5. The van der Waals surface area contributed by atoms with Crippen LogP contribution in [0.2, 0.25) is 0 Å². The molecule has 0 radical (unpaired) electrons. The number of hydrogen-bond donors (Lipinski definition) is 0. The zero-order valence-corrected chi connectivity index (χ0v) is 24.1. The third-order valence-corrected chi connectivity index (χ3v) is 8.30. The predicted molar refractivity (Wildman–Crippen MR) is 148 cm³/mol. The van der Waals surface area contributed by atoms with Crippen LogP contribution in [0.4, 0.5) is 7.77 Å². The number of rotatable bonds is 8. The third-order valence-electron chi connectivity index (χ3n) is 6.66. The zero-order chi connectivity index (χ0) is 31.8. The monoisotopic (exact) mass is 642 g/mol. The smallest absolute Gasteiger partial charge is 0.344 e. The van der Waals surface area contributed by atoms with Crippen molar-refractivity contribution in [3.63, 3.8) is 0 Å². The summed E-state index contributed by atoms with van der Waals surface area (Å²) in [6.45, 7) is 1.80. The standard InChI is InChI=1S/C29H20F2N2O9S2/c1-17-25-23(27(34)33(17)16-18-7-3-2-4-8-18)15-24(41-28(35)19-9-5-11-21(13-19)43(30,37)38)32-26(25)42-29(36)20-10-6-12-22(14-20)44(31,39)40/h2-15,17H,16H2,1H3/t17-/m1/s1. The fourth-order valence-electron chi connectivity index (χ4n) is 4.55. The van der Waals surface area contributed by atoms with Gasteiger partial charge in [-0.15, -0.1) is 7.77 Å². The first-order valence-corrected chi connectivity index (χ1v) is 15.4. The molecular weight excluding hydrogens is 622 g/mol. The first kappa shape index (κ1) is 30.4. The lowest BCUT2D eigenvalue weighted by Crippen LogP contribution is -2.26. The van der Waals surface area contributed by atoms with E-state index in [1.165, 1.54) is 11.0 Å². The third kappa shape index (κ3) is 6.33. The van der Waals surface area contributed by atoms with Gasteiger partial charge in [0.15, 0.2) is 0 Å². The topological polar surface area (TPSA) is 154 Å². The van der Waals surface area contributed by atoms with Crippen LogP contribution in [0.15, 0.2) is 94.7 Å². The number of hydrogen-bond acceptors (Lipinski definition) is 10. The van der Waals surface area contributed by atoms with Gasteiger partial charge in [-0.3, -0.25) is 4.79 Å². The molecule has 0 saturated heterocycles. The lowest BCUT2D eigenvalue weighted by molar-refractivity contribution is 0.0709. The van der Waals surface area contributed by atoms with Crippen molar-refractivity contribution in [2.45, 2.75) is 29.3 Å². The number of nitrogens with zero attached hydrogens (tertiary/aromatic N) is 2. The number of carbonyl (C=O) groups is 3. The van der Waals surface area contributed by atoms with Crippen LogP contribution in [0, 0.1) is 0 Å². The summed E-state index contributed by atoms with van der Waals surface area (Å²) in [4.78, 5) is 43.4. The lowest BCUT2D eigenvalue weighted by atomic mass is 10.1. The van der Waals surface area contributed by atoms with Crippen LogP contribution in [0.3, 0.4) is 0 Å². The Morgan fingerprint density at radius 2 is 1.34 bits per heavy atom. The number of benzene rings is 3. The molecule has 1 aliphatic heterocycles. The molecule has 15 heteroatoms. The molecule has 0 aliphatic carbocycles. The van der Waals surface area contributed by atoms with E-state index in [2.05, 4.69) is 4.98 Å². The van der Waals surface area contributed by atoms with Gasteiger partial charge >= 0.3 is 32.4 Å². The Balaban J connectivity index is 1.53. The minimum absolute atomic E-state index is 0.0331. The fourth-order valence-corrected chi connectivity index (χ4v) is 5.56. The Morgan fingerprint density at radius 3 is 1.89 bits per heavy atom. The first-order chi connectivity index (χ1) is 20.7. The molecule has 1 aliphatic rings. The number of esters is 2. The molecular formula is C29H20F2N2O9S2. The number of pyridine rings is 1. The van der Waals surface area contributed by atoms with E-state index in [0.29, 0.717) is 0 Å². The second kappa shape index (κ2) is 11.6. The summed E-state index contributed by atoms with van der Waals surface area (Å²) in [5.41, 5.74) is 0.182. The van der Waals surface area contributed by atoms with Crippen molar-refractivity contribution < 1.29 is 48.5 Å². The Kier molecular flexibility index (Phi) is 8.01. The van der Waals surface area contributed by atoms with Crippen molar-refractivity contribution in [3.05, 3.63) is 113 Å². The molecule has 0 saturated carbocycles. The van der Waals surface area contributed by atoms with E-state index >= 15 is 0 Å². The average molecular weight is 643 g/mol. The van der Waals surface area contributed by atoms with Crippen molar-refractivity contribution in [1.29, 1.82) is 0 Å². The maximum atomic E-state index is 13.6. The van der Waals surface area contributed by atoms with E-state index in [4.69, 9.17) is 9.47 Å². The minimum Gasteiger partial charge on any atom is -0.404 e. The highest BCUT2D eigenvalue weighted by atomic mass is 32.3. The van der Waals surface area contributed by atoms with E-state index in [1.807, 2.05) is 0 Å². The second-order valence-corrected chi connectivity index (χ2v) is 12.2. The van der Waals surface area contributed by atoms with E-state index in [0.717, 1.165) is 54.1 Å². The molecule has 3 aromatic carbocycles. The summed E-state index contributed by atoms with van der Waals surface area (Å²) >= 11 is 0. The summed E-state index contributed by atoms with van der Waals surface area (Å²) in [5.74, 6) is -3.83. The van der Waals surface area contributed by atoms with Gasteiger partial charge in [0.05, 0.1) is 38.1 Å². The number of ether oxygens (including phenoxy) is 2. The second-order valence-electron chi connectivity index (χ2n) is 9.53. The number of halogens is 2. The van der Waals surface area contributed by atoms with Gasteiger partial charge in [0.25, 0.3) is 5.91 Å². The molecule has 44 heavy (non-hydrogen) atoms. The number of fused-ring (bicyclic) bond motifs is 1. The summed E-state index contributed by atoms with van der Waals surface area (Å²) < 4.78 is 83.0. The van der Waals surface area contributed by atoms with Crippen molar-refractivity contribution in [1.82, 2.24) is 9.88 Å². The molecule has 1 atom stereocenters. The molecule has 1 aromatic heterocycles. The van der Waals surface area contributed by atoms with Crippen LogP contribution in [0.1, 0.15) is 55.2 Å². The van der Waals surface area contributed by atoms with Crippen LogP contribution >= 0.6 is 0 Å². The molecule has 0 unspecified atom stereocenters. The summed E-state index contributed by atoms with van der Waals surface area (Å²) in [6.07, 6.45) is 0. The van der Waals surface area contributed by atoms with Gasteiger partial charge in [-0.1, -0.05) is 42.5 Å². The van der Waals surface area contributed by atoms with Crippen LogP contribution in [0.5, 0.6) is 11.8 Å². The number of amides is 1. The normalized spacial score (nSPS) is 14.7. The van der Waals surface area contributed by atoms with Gasteiger partial charge in [0.1, 0.15) is 0 Å². The number of aromatic nitrogens is 1. The van der Waals surface area contributed by atoms with Gasteiger partial charge in [-0.05, 0) is 48.9 Å².